The maximum absolute atomic E-state index is 12.5. The lowest BCUT2D eigenvalue weighted by Crippen LogP contribution is -2.34. The summed E-state index contributed by atoms with van der Waals surface area (Å²) in [6.45, 7) is -1.11. The lowest BCUT2D eigenvalue weighted by atomic mass is 9.99. The van der Waals surface area contributed by atoms with E-state index in [0.717, 1.165) is 25.7 Å². The lowest BCUT2D eigenvalue weighted by Gasteiger charge is -2.17. The number of ether oxygens (including phenoxy) is 1. The summed E-state index contributed by atoms with van der Waals surface area (Å²) in [5.74, 6) is 0.898. The summed E-state index contributed by atoms with van der Waals surface area (Å²) >= 11 is 0. The van der Waals surface area contributed by atoms with Crippen LogP contribution in [0.1, 0.15) is 49.9 Å². The average molecular weight is 335 g/mol. The zero-order chi connectivity index (χ0) is 17.2. The minimum absolute atomic E-state index is 0.104. The fraction of sp³-hybridized carbons (Fsp3) is 0.412. The van der Waals surface area contributed by atoms with Crippen molar-refractivity contribution in [1.82, 2.24) is 10.1 Å². The normalized spacial score (nSPS) is 17.5. The molecular formula is C17H19F2N3O2. The van der Waals surface area contributed by atoms with E-state index in [4.69, 9.17) is 10.3 Å². The Morgan fingerprint density at radius 2 is 2.04 bits per heavy atom. The lowest BCUT2D eigenvalue weighted by molar-refractivity contribution is -0.0500. The van der Waals surface area contributed by atoms with Crippen LogP contribution in [-0.2, 0) is 5.54 Å². The van der Waals surface area contributed by atoms with E-state index in [1.54, 1.807) is 31.2 Å². The van der Waals surface area contributed by atoms with Gasteiger partial charge in [-0.2, -0.15) is 13.8 Å². The second kappa shape index (κ2) is 6.68. The second-order valence-corrected chi connectivity index (χ2v) is 6.02. The quantitative estimate of drug-likeness (QED) is 0.895. The maximum Gasteiger partial charge on any atom is 0.387 e. The van der Waals surface area contributed by atoms with E-state index < -0.39 is 12.2 Å². The van der Waals surface area contributed by atoms with Crippen LogP contribution in [0.2, 0.25) is 0 Å². The molecule has 0 aliphatic heterocycles. The van der Waals surface area contributed by atoms with Gasteiger partial charge in [-0.25, -0.2) is 0 Å². The zero-order valence-corrected chi connectivity index (χ0v) is 13.3. The van der Waals surface area contributed by atoms with Crippen molar-refractivity contribution in [2.45, 2.75) is 44.8 Å². The molecule has 1 saturated carbocycles. The Hall–Kier alpha value is -2.28. The number of hydrogen-bond donors (Lipinski definition) is 1. The molecule has 0 amide bonds. The standard InChI is InChI=1S/C17H19F2N3O2/c1-11(12-6-2-3-7-13(12)23-16(18)19)10-14-21-15(22-24-14)17(20)8-4-5-9-17/h2-3,6-7,10,16H,4-5,8-9,20H2,1H3/b11-10-. The van der Waals surface area contributed by atoms with Gasteiger partial charge in [0.1, 0.15) is 5.75 Å². The molecule has 0 spiro atoms. The number of aromatic nitrogens is 2. The molecule has 1 aliphatic carbocycles. The van der Waals surface area contributed by atoms with Crippen LogP contribution >= 0.6 is 0 Å². The molecule has 24 heavy (non-hydrogen) atoms. The highest BCUT2D eigenvalue weighted by atomic mass is 19.3. The first-order valence-corrected chi connectivity index (χ1v) is 7.83. The van der Waals surface area contributed by atoms with Crippen LogP contribution in [0.5, 0.6) is 5.75 Å². The maximum atomic E-state index is 12.5. The molecule has 1 aromatic carbocycles. The Balaban J connectivity index is 1.85. The van der Waals surface area contributed by atoms with Gasteiger partial charge in [-0.15, -0.1) is 0 Å². The third kappa shape index (κ3) is 3.46. The second-order valence-electron chi connectivity index (χ2n) is 6.02. The molecule has 0 unspecified atom stereocenters. The number of benzene rings is 1. The van der Waals surface area contributed by atoms with Gasteiger partial charge in [0.05, 0.1) is 5.54 Å². The fourth-order valence-electron chi connectivity index (χ4n) is 2.98. The zero-order valence-electron chi connectivity index (χ0n) is 13.3. The van der Waals surface area contributed by atoms with Crippen LogP contribution < -0.4 is 10.5 Å². The smallest absolute Gasteiger partial charge is 0.387 e. The molecule has 1 heterocycles. The van der Waals surface area contributed by atoms with Gasteiger partial charge >= 0.3 is 6.61 Å². The Bertz CT molecular complexity index is 737. The molecular weight excluding hydrogens is 316 g/mol. The van der Waals surface area contributed by atoms with Crippen molar-refractivity contribution in [3.63, 3.8) is 0 Å². The molecule has 0 atom stereocenters. The minimum atomic E-state index is -2.88. The van der Waals surface area contributed by atoms with Crippen molar-refractivity contribution in [3.05, 3.63) is 41.5 Å². The summed E-state index contributed by atoms with van der Waals surface area (Å²) in [4.78, 5) is 4.35. The van der Waals surface area contributed by atoms with E-state index in [9.17, 15) is 8.78 Å². The van der Waals surface area contributed by atoms with E-state index in [1.165, 1.54) is 6.07 Å². The van der Waals surface area contributed by atoms with Crippen LogP contribution in [0.25, 0.3) is 11.6 Å². The molecule has 1 aromatic heterocycles. The molecule has 0 saturated heterocycles. The number of nitrogens with two attached hydrogens (primary N) is 1. The van der Waals surface area contributed by atoms with E-state index in [2.05, 4.69) is 14.9 Å². The molecule has 5 nitrogen and oxygen atoms in total. The van der Waals surface area contributed by atoms with Crippen LogP contribution in [-0.4, -0.2) is 16.8 Å². The highest BCUT2D eigenvalue weighted by Gasteiger charge is 2.35. The third-order valence-electron chi connectivity index (χ3n) is 4.25. The van der Waals surface area contributed by atoms with Crippen molar-refractivity contribution < 1.29 is 18.0 Å². The van der Waals surface area contributed by atoms with Crippen LogP contribution in [0.4, 0.5) is 8.78 Å². The van der Waals surface area contributed by atoms with Gasteiger partial charge in [0, 0.05) is 11.6 Å². The van der Waals surface area contributed by atoms with Gasteiger partial charge in [-0.3, -0.25) is 0 Å². The van der Waals surface area contributed by atoms with Gasteiger partial charge in [-0.05, 0) is 31.4 Å². The summed E-state index contributed by atoms with van der Waals surface area (Å²) in [6, 6.07) is 6.57. The first-order chi connectivity index (χ1) is 11.5. The summed E-state index contributed by atoms with van der Waals surface area (Å²) in [5, 5.41) is 3.98. The Kier molecular flexibility index (Phi) is 4.62. The Labute approximate surface area is 138 Å². The molecule has 7 heteroatoms. The highest BCUT2D eigenvalue weighted by Crippen LogP contribution is 2.35. The summed E-state index contributed by atoms with van der Waals surface area (Å²) in [5.41, 5.74) is 7.00. The summed E-state index contributed by atoms with van der Waals surface area (Å²) < 4.78 is 34.8. The summed E-state index contributed by atoms with van der Waals surface area (Å²) in [7, 11) is 0. The van der Waals surface area contributed by atoms with Crippen molar-refractivity contribution in [3.8, 4) is 5.75 Å². The first kappa shape index (κ1) is 16.6. The van der Waals surface area contributed by atoms with Crippen molar-refractivity contribution in [2.24, 2.45) is 5.73 Å². The largest absolute Gasteiger partial charge is 0.434 e. The third-order valence-corrected chi connectivity index (χ3v) is 4.25. The number of allylic oxidation sites excluding steroid dienone is 1. The SMILES string of the molecule is C/C(=C/c1nc(C2(N)CCCC2)no1)c1ccccc1OC(F)F. The van der Waals surface area contributed by atoms with Gasteiger partial charge in [0.15, 0.2) is 5.82 Å². The predicted molar refractivity (Wildman–Crippen MR) is 85.3 cm³/mol. The molecule has 3 rings (SSSR count). The van der Waals surface area contributed by atoms with E-state index in [-0.39, 0.29) is 5.75 Å². The molecule has 2 aromatic rings. The van der Waals surface area contributed by atoms with Crippen molar-refractivity contribution in [2.75, 3.05) is 0 Å². The molecule has 1 aliphatic rings. The molecule has 0 radical (unpaired) electrons. The van der Waals surface area contributed by atoms with Gasteiger partial charge in [-0.1, -0.05) is 36.2 Å². The van der Waals surface area contributed by atoms with Gasteiger partial charge < -0.3 is 15.0 Å². The number of hydrogen-bond acceptors (Lipinski definition) is 5. The Morgan fingerprint density at radius 1 is 1.33 bits per heavy atom. The number of halogens is 2. The summed E-state index contributed by atoms with van der Waals surface area (Å²) in [6.07, 6.45) is 5.41. The van der Waals surface area contributed by atoms with E-state index >= 15 is 0 Å². The molecule has 128 valence electrons. The molecule has 0 bridgehead atoms. The number of alkyl halides is 2. The van der Waals surface area contributed by atoms with Crippen LogP contribution in [0.15, 0.2) is 28.8 Å². The van der Waals surface area contributed by atoms with E-state index in [0.29, 0.717) is 22.9 Å². The minimum Gasteiger partial charge on any atom is -0.434 e. The van der Waals surface area contributed by atoms with Crippen LogP contribution in [0, 0.1) is 0 Å². The van der Waals surface area contributed by atoms with E-state index in [1.807, 2.05) is 0 Å². The Morgan fingerprint density at radius 3 is 2.75 bits per heavy atom. The van der Waals surface area contributed by atoms with Gasteiger partial charge in [0.25, 0.3) is 5.89 Å². The fourth-order valence-corrected chi connectivity index (χ4v) is 2.98. The number of nitrogens with zero attached hydrogens (tertiary/aromatic N) is 2. The van der Waals surface area contributed by atoms with Crippen molar-refractivity contribution >= 4 is 11.6 Å². The number of para-hydroxylation sites is 1. The first-order valence-electron chi connectivity index (χ1n) is 7.83. The highest BCUT2D eigenvalue weighted by molar-refractivity contribution is 5.80. The monoisotopic (exact) mass is 335 g/mol. The number of rotatable bonds is 5. The van der Waals surface area contributed by atoms with Crippen molar-refractivity contribution in [1.29, 1.82) is 0 Å². The topological polar surface area (TPSA) is 74.2 Å². The predicted octanol–water partition coefficient (Wildman–Crippen LogP) is 3.96. The van der Waals surface area contributed by atoms with Gasteiger partial charge in [0.2, 0.25) is 0 Å². The molecule has 2 N–H and O–H groups in total. The average Bonchev–Trinajstić information content (AvgIpc) is 3.17. The van der Waals surface area contributed by atoms with Crippen LogP contribution in [0.3, 0.4) is 0 Å². The molecule has 1 fully saturated rings.